The Labute approximate surface area is 137 Å². The highest BCUT2D eigenvalue weighted by Crippen LogP contribution is 2.19. The fraction of sp³-hybridized carbons (Fsp3) is 0.316. The highest BCUT2D eigenvalue weighted by atomic mass is 16.3. The lowest BCUT2D eigenvalue weighted by molar-refractivity contribution is 0.157. The molecule has 0 saturated carbocycles. The van der Waals surface area contributed by atoms with Crippen LogP contribution in [0.5, 0.6) is 0 Å². The van der Waals surface area contributed by atoms with Crippen molar-refractivity contribution < 1.29 is 9.90 Å². The summed E-state index contributed by atoms with van der Waals surface area (Å²) in [6.07, 6.45) is 0.780. The molecule has 0 aromatic heterocycles. The molecule has 0 fully saturated rings. The number of rotatable bonds is 6. The third kappa shape index (κ3) is 4.83. The van der Waals surface area contributed by atoms with Gasteiger partial charge in [0, 0.05) is 13.6 Å². The Kier molecular flexibility index (Phi) is 6.18. The quantitative estimate of drug-likeness (QED) is 0.861. The van der Waals surface area contributed by atoms with Crippen molar-refractivity contribution in [2.75, 3.05) is 20.2 Å². The second-order valence-corrected chi connectivity index (χ2v) is 5.69. The van der Waals surface area contributed by atoms with Crippen molar-refractivity contribution in [2.24, 2.45) is 0 Å². The highest BCUT2D eigenvalue weighted by Gasteiger charge is 2.13. The van der Waals surface area contributed by atoms with Crippen molar-refractivity contribution in [3.8, 4) is 11.1 Å². The number of urea groups is 1. The van der Waals surface area contributed by atoms with E-state index in [1.54, 1.807) is 7.05 Å². The van der Waals surface area contributed by atoms with E-state index in [0.29, 0.717) is 6.54 Å². The third-order valence-electron chi connectivity index (χ3n) is 4.00. The molecule has 2 aromatic rings. The summed E-state index contributed by atoms with van der Waals surface area (Å²) in [7, 11) is 1.69. The Morgan fingerprint density at radius 1 is 1.09 bits per heavy atom. The number of amides is 2. The summed E-state index contributed by atoms with van der Waals surface area (Å²) in [6, 6.07) is 18.3. The average molecular weight is 312 g/mol. The van der Waals surface area contributed by atoms with E-state index < -0.39 is 0 Å². The SMILES string of the molecule is CC(CO)N(C)C(=O)NCCc1ccc(-c2ccccc2)cc1. The van der Waals surface area contributed by atoms with Crippen molar-refractivity contribution in [2.45, 2.75) is 19.4 Å². The Morgan fingerprint density at radius 2 is 1.70 bits per heavy atom. The van der Waals surface area contributed by atoms with Crippen LogP contribution in [0.3, 0.4) is 0 Å². The summed E-state index contributed by atoms with van der Waals surface area (Å²) < 4.78 is 0. The molecule has 0 heterocycles. The molecule has 2 amide bonds. The number of likely N-dealkylation sites (N-methyl/N-ethyl adjacent to an activating group) is 1. The van der Waals surface area contributed by atoms with E-state index in [1.165, 1.54) is 21.6 Å². The van der Waals surface area contributed by atoms with Crippen LogP contribution in [0, 0.1) is 0 Å². The second-order valence-electron chi connectivity index (χ2n) is 5.69. The van der Waals surface area contributed by atoms with Crippen molar-refractivity contribution >= 4 is 6.03 Å². The van der Waals surface area contributed by atoms with Crippen molar-refractivity contribution in [3.05, 3.63) is 60.2 Å². The zero-order chi connectivity index (χ0) is 16.7. The fourth-order valence-corrected chi connectivity index (χ4v) is 2.26. The van der Waals surface area contributed by atoms with Gasteiger partial charge in [0.2, 0.25) is 0 Å². The van der Waals surface area contributed by atoms with Gasteiger partial charge in [0.1, 0.15) is 0 Å². The second kappa shape index (κ2) is 8.34. The largest absolute Gasteiger partial charge is 0.394 e. The number of nitrogens with one attached hydrogen (secondary N) is 1. The Hall–Kier alpha value is -2.33. The number of hydrogen-bond donors (Lipinski definition) is 2. The molecule has 4 nitrogen and oxygen atoms in total. The normalized spacial score (nSPS) is 11.8. The van der Waals surface area contributed by atoms with E-state index in [9.17, 15) is 4.79 Å². The molecule has 0 aliphatic carbocycles. The van der Waals surface area contributed by atoms with Crippen LogP contribution in [-0.2, 0) is 6.42 Å². The van der Waals surface area contributed by atoms with E-state index >= 15 is 0 Å². The average Bonchev–Trinajstić information content (AvgIpc) is 2.61. The first kappa shape index (κ1) is 17.0. The number of carbonyl (C=O) groups is 1. The molecule has 4 heteroatoms. The predicted octanol–water partition coefficient (Wildman–Crippen LogP) is 2.92. The molecule has 0 aliphatic rings. The van der Waals surface area contributed by atoms with Gasteiger partial charge in [0.25, 0.3) is 0 Å². The van der Waals surface area contributed by atoms with Crippen LogP contribution < -0.4 is 5.32 Å². The maximum Gasteiger partial charge on any atom is 0.317 e. The number of aliphatic hydroxyl groups excluding tert-OH is 1. The zero-order valence-electron chi connectivity index (χ0n) is 13.7. The van der Waals surface area contributed by atoms with Crippen LogP contribution in [0.1, 0.15) is 12.5 Å². The lowest BCUT2D eigenvalue weighted by Crippen LogP contribution is -2.44. The molecule has 0 spiro atoms. The van der Waals surface area contributed by atoms with Crippen molar-refractivity contribution in [1.29, 1.82) is 0 Å². The fourth-order valence-electron chi connectivity index (χ4n) is 2.26. The molecule has 2 rings (SSSR count). The van der Waals surface area contributed by atoms with Crippen LogP contribution in [0.2, 0.25) is 0 Å². The summed E-state index contributed by atoms with van der Waals surface area (Å²) in [5.74, 6) is 0. The first-order valence-corrected chi connectivity index (χ1v) is 7.87. The van der Waals surface area contributed by atoms with Gasteiger partial charge >= 0.3 is 6.03 Å². The highest BCUT2D eigenvalue weighted by molar-refractivity contribution is 5.74. The van der Waals surface area contributed by atoms with Gasteiger partial charge in [0.05, 0.1) is 12.6 Å². The standard InChI is InChI=1S/C19H24N2O2/c1-15(14-22)21(2)19(23)20-13-12-16-8-10-18(11-9-16)17-6-4-3-5-7-17/h3-11,15,22H,12-14H2,1-2H3,(H,20,23). The number of nitrogens with zero attached hydrogens (tertiary/aromatic N) is 1. The summed E-state index contributed by atoms with van der Waals surface area (Å²) in [6.45, 7) is 2.35. The lowest BCUT2D eigenvalue weighted by atomic mass is 10.0. The van der Waals surface area contributed by atoms with Gasteiger partial charge in [-0.1, -0.05) is 54.6 Å². The molecule has 0 saturated heterocycles. The molecule has 122 valence electrons. The van der Waals surface area contributed by atoms with E-state index in [1.807, 2.05) is 25.1 Å². The molecular weight excluding hydrogens is 288 g/mol. The van der Waals surface area contributed by atoms with Crippen molar-refractivity contribution in [3.63, 3.8) is 0 Å². The molecular formula is C19H24N2O2. The zero-order valence-corrected chi connectivity index (χ0v) is 13.7. The molecule has 1 unspecified atom stereocenters. The summed E-state index contributed by atoms with van der Waals surface area (Å²) in [5, 5.41) is 11.9. The summed E-state index contributed by atoms with van der Waals surface area (Å²) in [5.41, 5.74) is 3.57. The maximum atomic E-state index is 11.9. The Morgan fingerprint density at radius 3 is 2.30 bits per heavy atom. The Bertz CT molecular complexity index is 611. The lowest BCUT2D eigenvalue weighted by Gasteiger charge is -2.23. The van der Waals surface area contributed by atoms with Gasteiger partial charge in [-0.3, -0.25) is 0 Å². The molecule has 1 atom stereocenters. The number of hydrogen-bond acceptors (Lipinski definition) is 2. The minimum Gasteiger partial charge on any atom is -0.394 e. The molecule has 0 radical (unpaired) electrons. The smallest absolute Gasteiger partial charge is 0.317 e. The van der Waals surface area contributed by atoms with E-state index in [4.69, 9.17) is 5.11 Å². The maximum absolute atomic E-state index is 11.9. The summed E-state index contributed by atoms with van der Waals surface area (Å²) in [4.78, 5) is 13.4. The molecule has 23 heavy (non-hydrogen) atoms. The van der Waals surface area contributed by atoms with E-state index in [0.717, 1.165) is 6.42 Å². The molecule has 0 bridgehead atoms. The van der Waals surface area contributed by atoms with Crippen LogP contribution in [0.4, 0.5) is 4.79 Å². The number of benzene rings is 2. The van der Waals surface area contributed by atoms with Crippen LogP contribution in [0.25, 0.3) is 11.1 Å². The monoisotopic (exact) mass is 312 g/mol. The third-order valence-corrected chi connectivity index (χ3v) is 4.00. The number of carbonyl (C=O) groups excluding carboxylic acids is 1. The minimum atomic E-state index is -0.180. The first-order chi connectivity index (χ1) is 11.1. The Balaban J connectivity index is 1.84. The van der Waals surface area contributed by atoms with Crippen LogP contribution in [0.15, 0.2) is 54.6 Å². The van der Waals surface area contributed by atoms with Crippen LogP contribution >= 0.6 is 0 Å². The van der Waals surface area contributed by atoms with Gasteiger partial charge in [0.15, 0.2) is 0 Å². The topological polar surface area (TPSA) is 52.6 Å². The number of aliphatic hydroxyl groups is 1. The van der Waals surface area contributed by atoms with Gasteiger partial charge in [-0.2, -0.15) is 0 Å². The van der Waals surface area contributed by atoms with Crippen LogP contribution in [-0.4, -0.2) is 42.3 Å². The van der Waals surface area contributed by atoms with E-state index in [2.05, 4.69) is 41.7 Å². The molecule has 2 N–H and O–H groups in total. The van der Waals surface area contributed by atoms with Crippen molar-refractivity contribution in [1.82, 2.24) is 10.2 Å². The first-order valence-electron chi connectivity index (χ1n) is 7.87. The van der Waals surface area contributed by atoms with E-state index in [-0.39, 0.29) is 18.7 Å². The van der Waals surface area contributed by atoms with Gasteiger partial charge in [-0.25, -0.2) is 4.79 Å². The molecule has 2 aromatic carbocycles. The molecule has 0 aliphatic heterocycles. The predicted molar refractivity (Wildman–Crippen MR) is 93.3 cm³/mol. The minimum absolute atomic E-state index is 0.0368. The summed E-state index contributed by atoms with van der Waals surface area (Å²) >= 11 is 0. The van der Waals surface area contributed by atoms with Gasteiger partial charge in [-0.05, 0) is 30.0 Å². The van der Waals surface area contributed by atoms with Gasteiger partial charge < -0.3 is 15.3 Å². The van der Waals surface area contributed by atoms with Gasteiger partial charge in [-0.15, -0.1) is 0 Å².